The number of hydrogen-bond acceptors (Lipinski definition) is 8. The van der Waals surface area contributed by atoms with Gasteiger partial charge < -0.3 is 29.5 Å². The molecule has 1 amide bonds. The smallest absolute Gasteiger partial charge is 0.270 e. The number of anilines is 2. The highest BCUT2D eigenvalue weighted by molar-refractivity contribution is 6.03. The third-order valence-corrected chi connectivity index (χ3v) is 8.60. The van der Waals surface area contributed by atoms with Crippen molar-refractivity contribution in [3.63, 3.8) is 0 Å². The Hall–Kier alpha value is -4.57. The van der Waals surface area contributed by atoms with Gasteiger partial charge in [0.05, 0.1) is 34.4 Å². The molecule has 6 heterocycles. The van der Waals surface area contributed by atoms with Crippen LogP contribution in [0.5, 0.6) is 0 Å². The van der Waals surface area contributed by atoms with Gasteiger partial charge in [-0.05, 0) is 44.0 Å². The van der Waals surface area contributed by atoms with Crippen molar-refractivity contribution in [3.8, 4) is 11.3 Å². The van der Waals surface area contributed by atoms with Crippen molar-refractivity contribution in [1.29, 1.82) is 5.41 Å². The van der Waals surface area contributed by atoms with Gasteiger partial charge in [-0.1, -0.05) is 20.8 Å². The molecule has 1 fully saturated rings. The average molecular weight is 579 g/mol. The second-order valence-electron chi connectivity index (χ2n) is 11.6. The fraction of sp³-hybridized carbons (Fsp3) is 0.364. The number of likely N-dealkylation sites (N-methyl/N-ethyl adjacent to an activating group) is 1. The first-order chi connectivity index (χ1) is 20.7. The molecular weight excluding hydrogens is 540 g/mol. The van der Waals surface area contributed by atoms with Crippen LogP contribution in [0.1, 0.15) is 59.7 Å². The van der Waals surface area contributed by atoms with Crippen LogP contribution in [0.4, 0.5) is 11.5 Å². The number of hydrogen-bond donors (Lipinski definition) is 2. The lowest BCUT2D eigenvalue weighted by Gasteiger charge is -2.34. The molecule has 6 rings (SSSR count). The number of carbonyl (C=O) groups is 1. The first kappa shape index (κ1) is 28.5. The van der Waals surface area contributed by atoms with E-state index >= 15 is 0 Å². The Morgan fingerprint density at radius 1 is 1.14 bits per heavy atom. The van der Waals surface area contributed by atoms with Crippen LogP contribution in [0.3, 0.4) is 0 Å². The van der Waals surface area contributed by atoms with Crippen LogP contribution in [0.25, 0.3) is 33.1 Å². The van der Waals surface area contributed by atoms with E-state index in [0.29, 0.717) is 39.7 Å². The summed E-state index contributed by atoms with van der Waals surface area (Å²) in [5.74, 6) is 0.833. The molecule has 0 aromatic carbocycles. The SMILES string of the molecule is CCN1CCN(C(=O)c2c(C)c3c(C(C)C)nc(Nc4cc(-c5cncc6ccoc56)nc(C)c4C=N)cc3n2C)CC1. The minimum atomic E-state index is 0.0670. The van der Waals surface area contributed by atoms with Gasteiger partial charge in [0.2, 0.25) is 0 Å². The molecule has 2 N–H and O–H groups in total. The van der Waals surface area contributed by atoms with Gasteiger partial charge in [0, 0.05) is 79.9 Å². The summed E-state index contributed by atoms with van der Waals surface area (Å²) >= 11 is 0. The zero-order valence-corrected chi connectivity index (χ0v) is 25.7. The highest BCUT2D eigenvalue weighted by Gasteiger charge is 2.28. The summed E-state index contributed by atoms with van der Waals surface area (Å²) in [5.41, 5.74) is 7.80. The Morgan fingerprint density at radius 3 is 2.60 bits per heavy atom. The molecule has 1 aliphatic rings. The maximum absolute atomic E-state index is 13.8. The fourth-order valence-electron chi connectivity index (χ4n) is 6.21. The topological polar surface area (TPSA) is 116 Å². The fourth-order valence-corrected chi connectivity index (χ4v) is 6.21. The van der Waals surface area contributed by atoms with Gasteiger partial charge in [-0.25, -0.2) is 4.98 Å². The van der Waals surface area contributed by atoms with Crippen LogP contribution in [0.15, 0.2) is 41.3 Å². The van der Waals surface area contributed by atoms with Crippen molar-refractivity contribution in [2.75, 3.05) is 38.0 Å². The second-order valence-corrected chi connectivity index (χ2v) is 11.6. The lowest BCUT2D eigenvalue weighted by Crippen LogP contribution is -2.48. The van der Waals surface area contributed by atoms with Crippen LogP contribution in [0, 0.1) is 19.3 Å². The molecular formula is C33H38N8O2. The van der Waals surface area contributed by atoms with E-state index in [1.807, 2.05) is 48.6 Å². The Labute approximate surface area is 251 Å². The van der Waals surface area contributed by atoms with Crippen molar-refractivity contribution in [1.82, 2.24) is 29.3 Å². The van der Waals surface area contributed by atoms with Crippen LogP contribution in [-0.2, 0) is 7.05 Å². The maximum Gasteiger partial charge on any atom is 0.270 e. The number of aryl methyl sites for hydroxylation is 3. The summed E-state index contributed by atoms with van der Waals surface area (Å²) in [6.45, 7) is 14.6. The molecule has 5 aromatic rings. The number of nitrogens with one attached hydrogen (secondary N) is 2. The predicted octanol–water partition coefficient (Wildman–Crippen LogP) is 6.04. The van der Waals surface area contributed by atoms with E-state index in [4.69, 9.17) is 19.8 Å². The molecule has 0 aliphatic carbocycles. The lowest BCUT2D eigenvalue weighted by molar-refractivity contribution is 0.0633. The molecule has 0 radical (unpaired) electrons. The molecule has 5 aromatic heterocycles. The number of amides is 1. The minimum absolute atomic E-state index is 0.0670. The van der Waals surface area contributed by atoms with E-state index in [-0.39, 0.29) is 11.8 Å². The largest absolute Gasteiger partial charge is 0.464 e. The van der Waals surface area contributed by atoms with Gasteiger partial charge in [0.25, 0.3) is 5.91 Å². The van der Waals surface area contributed by atoms with E-state index in [2.05, 4.69) is 36.0 Å². The standard InChI is InChI=1S/C33H38N8O2/c1-7-40-9-11-41(12-10-40)33(42)31-20(4)29-27(39(31)6)15-28(38-30(29)19(2)3)37-25-14-26(36-21(5)23(25)16-34)24-18-35-17-22-8-13-43-32(22)24/h8,13-19,34H,7,9-12H2,1-6H3,(H,36,37,38). The zero-order valence-electron chi connectivity index (χ0n) is 25.7. The number of pyridine rings is 3. The van der Waals surface area contributed by atoms with Crippen molar-refractivity contribution in [3.05, 3.63) is 65.1 Å². The number of piperazine rings is 1. The Bertz CT molecular complexity index is 1860. The summed E-state index contributed by atoms with van der Waals surface area (Å²) in [6, 6.07) is 5.79. The number of nitrogens with zero attached hydrogens (tertiary/aromatic N) is 6. The molecule has 0 spiro atoms. The van der Waals surface area contributed by atoms with E-state index in [9.17, 15) is 4.79 Å². The van der Waals surface area contributed by atoms with Crippen molar-refractivity contribution in [2.24, 2.45) is 7.05 Å². The van der Waals surface area contributed by atoms with Crippen molar-refractivity contribution < 1.29 is 9.21 Å². The maximum atomic E-state index is 13.8. The first-order valence-electron chi connectivity index (χ1n) is 14.8. The quantitative estimate of drug-likeness (QED) is 0.226. The Morgan fingerprint density at radius 2 is 1.91 bits per heavy atom. The zero-order chi connectivity index (χ0) is 30.4. The normalized spacial score (nSPS) is 14.3. The highest BCUT2D eigenvalue weighted by Crippen LogP contribution is 2.36. The van der Waals surface area contributed by atoms with Crippen LogP contribution in [-0.4, -0.2) is 74.2 Å². The molecule has 0 atom stereocenters. The van der Waals surface area contributed by atoms with Gasteiger partial charge in [-0.3, -0.25) is 14.8 Å². The van der Waals surface area contributed by atoms with E-state index in [1.165, 1.54) is 6.21 Å². The Balaban J connectivity index is 1.43. The van der Waals surface area contributed by atoms with E-state index in [1.54, 1.807) is 18.7 Å². The molecule has 0 saturated carbocycles. The summed E-state index contributed by atoms with van der Waals surface area (Å²) in [7, 11) is 1.97. The van der Waals surface area contributed by atoms with Gasteiger partial charge in [-0.2, -0.15) is 0 Å². The summed E-state index contributed by atoms with van der Waals surface area (Å²) in [4.78, 5) is 32.4. The Kier molecular flexibility index (Phi) is 7.47. The molecule has 10 heteroatoms. The molecule has 10 nitrogen and oxygen atoms in total. The van der Waals surface area contributed by atoms with Gasteiger partial charge in [-0.15, -0.1) is 0 Å². The summed E-state index contributed by atoms with van der Waals surface area (Å²) < 4.78 is 7.77. The number of carbonyl (C=O) groups excluding carboxylic acids is 1. The highest BCUT2D eigenvalue weighted by atomic mass is 16.3. The predicted molar refractivity (Wildman–Crippen MR) is 171 cm³/mol. The molecule has 0 bridgehead atoms. The number of aromatic nitrogens is 4. The molecule has 1 saturated heterocycles. The summed E-state index contributed by atoms with van der Waals surface area (Å²) in [6.07, 6.45) is 6.46. The molecule has 1 aliphatic heterocycles. The molecule has 0 unspecified atom stereocenters. The number of rotatable bonds is 7. The third kappa shape index (κ3) is 4.95. The van der Waals surface area contributed by atoms with Gasteiger partial charge in [0.15, 0.2) is 0 Å². The average Bonchev–Trinajstić information content (AvgIpc) is 3.58. The van der Waals surface area contributed by atoms with Crippen LogP contribution >= 0.6 is 0 Å². The molecule has 222 valence electrons. The number of furan rings is 1. The third-order valence-electron chi connectivity index (χ3n) is 8.60. The number of fused-ring (bicyclic) bond motifs is 2. The minimum Gasteiger partial charge on any atom is -0.464 e. The monoisotopic (exact) mass is 578 g/mol. The van der Waals surface area contributed by atoms with Crippen LogP contribution < -0.4 is 5.32 Å². The molecule has 43 heavy (non-hydrogen) atoms. The van der Waals surface area contributed by atoms with Gasteiger partial charge >= 0.3 is 0 Å². The van der Waals surface area contributed by atoms with Crippen molar-refractivity contribution in [2.45, 2.75) is 40.5 Å². The van der Waals surface area contributed by atoms with Crippen molar-refractivity contribution >= 4 is 45.5 Å². The van der Waals surface area contributed by atoms with Crippen LogP contribution in [0.2, 0.25) is 0 Å². The summed E-state index contributed by atoms with van der Waals surface area (Å²) in [5, 5.41) is 13.6. The van der Waals surface area contributed by atoms with E-state index < -0.39 is 0 Å². The van der Waals surface area contributed by atoms with E-state index in [0.717, 1.165) is 65.8 Å². The second kappa shape index (κ2) is 11.3. The van der Waals surface area contributed by atoms with Gasteiger partial charge in [0.1, 0.15) is 17.1 Å². The lowest BCUT2D eigenvalue weighted by atomic mass is 10.0. The first-order valence-corrected chi connectivity index (χ1v) is 14.8.